The molecule has 0 fully saturated rings. The van der Waals surface area contributed by atoms with Crippen LogP contribution in [0.25, 0.3) is 10.6 Å². The van der Waals surface area contributed by atoms with E-state index in [1.54, 1.807) is 23.1 Å². The van der Waals surface area contributed by atoms with E-state index in [1.165, 1.54) is 23.1 Å². The van der Waals surface area contributed by atoms with Gasteiger partial charge in [-0.15, -0.1) is 21.5 Å². The fraction of sp³-hybridized carbons (Fsp3) is 0.333. The zero-order valence-electron chi connectivity index (χ0n) is 13.4. The highest BCUT2D eigenvalue weighted by Gasteiger charge is 2.11. The molecule has 0 aliphatic heterocycles. The van der Waals surface area contributed by atoms with Crippen LogP contribution >= 0.6 is 46.2 Å². The van der Waals surface area contributed by atoms with Crippen LogP contribution in [-0.4, -0.2) is 33.6 Å². The second-order valence-electron chi connectivity index (χ2n) is 4.92. The van der Waals surface area contributed by atoms with Crippen molar-refractivity contribution in [3.63, 3.8) is 0 Å². The number of nitrogens with zero attached hydrogens (tertiary/aromatic N) is 3. The van der Waals surface area contributed by atoms with Crippen LogP contribution < -0.4 is 5.32 Å². The van der Waals surface area contributed by atoms with Crippen molar-refractivity contribution < 1.29 is 9.32 Å². The molecule has 1 amide bonds. The van der Waals surface area contributed by atoms with E-state index in [0.717, 1.165) is 31.4 Å². The summed E-state index contributed by atoms with van der Waals surface area (Å²) in [6.07, 6.45) is 0.937. The quantitative estimate of drug-likeness (QED) is 0.528. The summed E-state index contributed by atoms with van der Waals surface area (Å²) in [5.74, 6) is 1.86. The average molecular weight is 413 g/mol. The van der Waals surface area contributed by atoms with Gasteiger partial charge in [-0.25, -0.2) is 0 Å². The summed E-state index contributed by atoms with van der Waals surface area (Å²) in [7, 11) is 0. The first-order valence-corrected chi connectivity index (χ1v) is 11.3. The first kappa shape index (κ1) is 18.4. The van der Waals surface area contributed by atoms with Gasteiger partial charge in [-0.05, 0) is 17.9 Å². The lowest BCUT2D eigenvalue weighted by atomic mass is 10.3. The molecule has 6 nitrogen and oxygen atoms in total. The predicted molar refractivity (Wildman–Crippen MR) is 103 cm³/mol. The molecule has 3 rings (SSSR count). The summed E-state index contributed by atoms with van der Waals surface area (Å²) in [6.45, 7) is 2.74. The Morgan fingerprint density at radius 1 is 1.32 bits per heavy atom. The number of carbonyl (C=O) groups excluding carboxylic acids is 1. The first-order valence-electron chi connectivity index (χ1n) is 7.60. The number of thiophene rings is 1. The van der Waals surface area contributed by atoms with E-state index in [-0.39, 0.29) is 5.91 Å². The Hall–Kier alpha value is -1.36. The molecule has 0 radical (unpaired) electrons. The van der Waals surface area contributed by atoms with Crippen molar-refractivity contribution in [2.24, 2.45) is 0 Å². The lowest BCUT2D eigenvalue weighted by Gasteiger charge is -2.00. The molecule has 3 aromatic heterocycles. The molecule has 0 unspecified atom stereocenters. The lowest BCUT2D eigenvalue weighted by molar-refractivity contribution is -0.118. The van der Waals surface area contributed by atoms with Gasteiger partial charge in [-0.1, -0.05) is 53.0 Å². The fourth-order valence-corrected chi connectivity index (χ4v) is 5.21. The first-order chi connectivity index (χ1) is 12.2. The van der Waals surface area contributed by atoms with Crippen molar-refractivity contribution in [2.75, 3.05) is 12.3 Å². The molecule has 3 aromatic rings. The van der Waals surface area contributed by atoms with Gasteiger partial charge in [-0.2, -0.15) is 0 Å². The Kier molecular flexibility index (Phi) is 6.91. The molecular weight excluding hydrogens is 396 g/mol. The fourth-order valence-electron chi connectivity index (χ4n) is 1.81. The van der Waals surface area contributed by atoms with E-state index in [2.05, 4.69) is 20.7 Å². The Labute approximate surface area is 161 Å². The van der Waals surface area contributed by atoms with Crippen LogP contribution in [0.4, 0.5) is 0 Å². The van der Waals surface area contributed by atoms with Gasteiger partial charge in [0.05, 0.1) is 16.3 Å². The smallest absolute Gasteiger partial charge is 0.230 e. The molecule has 10 heteroatoms. The minimum absolute atomic E-state index is 0.0277. The van der Waals surface area contributed by atoms with Gasteiger partial charge in [-0.3, -0.25) is 4.79 Å². The molecule has 3 heterocycles. The zero-order chi connectivity index (χ0) is 17.5. The molecule has 0 bridgehead atoms. The van der Waals surface area contributed by atoms with E-state index in [9.17, 15) is 4.79 Å². The molecule has 0 saturated heterocycles. The van der Waals surface area contributed by atoms with Gasteiger partial charge in [0.2, 0.25) is 5.91 Å². The Bertz CT molecular complexity index is 800. The highest BCUT2D eigenvalue weighted by atomic mass is 32.2. The topological polar surface area (TPSA) is 80.9 Å². The third kappa shape index (κ3) is 5.56. The maximum Gasteiger partial charge on any atom is 0.230 e. The number of aromatic nitrogens is 3. The van der Waals surface area contributed by atoms with Crippen LogP contribution in [0.1, 0.15) is 19.0 Å². The van der Waals surface area contributed by atoms with E-state index in [0.29, 0.717) is 18.1 Å². The monoisotopic (exact) mass is 412 g/mol. The van der Waals surface area contributed by atoms with Crippen LogP contribution in [0.5, 0.6) is 0 Å². The molecule has 0 aliphatic rings. The molecule has 0 spiro atoms. The molecule has 0 aromatic carbocycles. The largest absolute Gasteiger partial charge is 0.355 e. The third-order valence-corrected chi connectivity index (χ3v) is 7.06. The molecule has 0 atom stereocenters. The van der Waals surface area contributed by atoms with Crippen molar-refractivity contribution in [2.45, 2.75) is 27.8 Å². The molecule has 0 saturated carbocycles. The Balaban J connectivity index is 1.46. The van der Waals surface area contributed by atoms with Gasteiger partial charge in [0.15, 0.2) is 14.4 Å². The number of hydrogen-bond acceptors (Lipinski definition) is 9. The van der Waals surface area contributed by atoms with Crippen LogP contribution in [0.15, 0.2) is 36.8 Å². The SMILES string of the molecule is CCCNC(=O)CSc1nnc(SCc2cc(-c3cccs3)on2)s1. The zero-order valence-corrected chi connectivity index (χ0v) is 16.7. The minimum Gasteiger partial charge on any atom is -0.355 e. The molecule has 25 heavy (non-hydrogen) atoms. The van der Waals surface area contributed by atoms with Crippen molar-refractivity contribution in [1.29, 1.82) is 0 Å². The summed E-state index contributed by atoms with van der Waals surface area (Å²) in [5, 5.41) is 17.2. The Morgan fingerprint density at radius 3 is 2.92 bits per heavy atom. The summed E-state index contributed by atoms with van der Waals surface area (Å²) in [4.78, 5) is 12.7. The Morgan fingerprint density at radius 2 is 2.16 bits per heavy atom. The van der Waals surface area contributed by atoms with Gasteiger partial charge in [0.1, 0.15) is 0 Å². The highest BCUT2D eigenvalue weighted by molar-refractivity contribution is 8.03. The number of hydrogen-bond donors (Lipinski definition) is 1. The number of carbonyl (C=O) groups is 1. The van der Waals surface area contributed by atoms with Crippen molar-refractivity contribution in [3.8, 4) is 10.6 Å². The van der Waals surface area contributed by atoms with Gasteiger partial charge in [0.25, 0.3) is 0 Å². The van der Waals surface area contributed by atoms with Crippen molar-refractivity contribution in [1.82, 2.24) is 20.7 Å². The predicted octanol–water partition coefficient (Wildman–Crippen LogP) is 4.17. The van der Waals surface area contributed by atoms with E-state index in [4.69, 9.17) is 4.52 Å². The summed E-state index contributed by atoms with van der Waals surface area (Å²) >= 11 is 6.09. The molecule has 132 valence electrons. The number of thioether (sulfide) groups is 2. The van der Waals surface area contributed by atoms with Crippen LogP contribution in [0.2, 0.25) is 0 Å². The molecular formula is C15H16N4O2S4. The number of nitrogens with one attached hydrogen (secondary N) is 1. The second kappa shape index (κ2) is 9.37. The summed E-state index contributed by atoms with van der Waals surface area (Å²) in [6, 6.07) is 5.94. The van der Waals surface area contributed by atoms with Crippen LogP contribution in [0, 0.1) is 0 Å². The normalized spacial score (nSPS) is 10.9. The third-order valence-electron chi connectivity index (χ3n) is 2.95. The average Bonchev–Trinajstić information content (AvgIpc) is 3.37. The van der Waals surface area contributed by atoms with Crippen molar-refractivity contribution in [3.05, 3.63) is 29.3 Å². The van der Waals surface area contributed by atoms with Crippen LogP contribution in [0.3, 0.4) is 0 Å². The maximum absolute atomic E-state index is 11.6. The molecule has 0 aliphatic carbocycles. The standard InChI is InChI=1S/C15H16N4O2S4/c1-2-5-16-13(20)9-24-15-18-17-14(25-15)23-8-10-7-11(21-19-10)12-4-3-6-22-12/h3-4,6-7H,2,5,8-9H2,1H3,(H,16,20). The number of rotatable bonds is 9. The summed E-state index contributed by atoms with van der Waals surface area (Å²) < 4.78 is 7.02. The summed E-state index contributed by atoms with van der Waals surface area (Å²) in [5.41, 5.74) is 0.872. The number of amides is 1. The van der Waals surface area contributed by atoms with Crippen LogP contribution in [-0.2, 0) is 10.5 Å². The minimum atomic E-state index is 0.0277. The van der Waals surface area contributed by atoms with E-state index < -0.39 is 0 Å². The van der Waals surface area contributed by atoms with Gasteiger partial charge in [0, 0.05) is 18.4 Å². The lowest BCUT2D eigenvalue weighted by Crippen LogP contribution is -2.25. The van der Waals surface area contributed by atoms with Crippen molar-refractivity contribution >= 4 is 52.1 Å². The van der Waals surface area contributed by atoms with E-state index >= 15 is 0 Å². The maximum atomic E-state index is 11.6. The van der Waals surface area contributed by atoms with Gasteiger partial charge >= 0.3 is 0 Å². The van der Waals surface area contributed by atoms with Gasteiger partial charge < -0.3 is 9.84 Å². The second-order valence-corrected chi connectivity index (χ2v) is 9.29. The highest BCUT2D eigenvalue weighted by Crippen LogP contribution is 2.32. The van der Waals surface area contributed by atoms with E-state index in [1.807, 2.05) is 30.5 Å². The molecule has 1 N–H and O–H groups in total.